The van der Waals surface area contributed by atoms with Crippen LogP contribution in [0.5, 0.6) is 0 Å². The Morgan fingerprint density at radius 1 is 1.03 bits per heavy atom. The number of nitrogens with zero attached hydrogens (tertiary/aromatic N) is 2. The number of hydrogen-bond acceptors (Lipinski definition) is 4. The SMILES string of the molecule is O=C([C@@H](O)c1ccc(F)cc1)N(CCc1ccc(C(F)(F)F)cn1)c1ccc(F)c(CO)c1. The van der Waals surface area contributed by atoms with Crippen LogP contribution in [0.25, 0.3) is 0 Å². The predicted molar refractivity (Wildman–Crippen MR) is 109 cm³/mol. The van der Waals surface area contributed by atoms with Crippen molar-refractivity contribution in [3.8, 4) is 0 Å². The van der Waals surface area contributed by atoms with Crippen LogP contribution in [0.2, 0.25) is 0 Å². The Bertz CT molecular complexity index is 1100. The first kappa shape index (κ1) is 24.3. The van der Waals surface area contributed by atoms with Gasteiger partial charge in [0, 0.05) is 36.1 Å². The van der Waals surface area contributed by atoms with E-state index in [0.29, 0.717) is 6.20 Å². The maximum absolute atomic E-state index is 13.8. The number of aromatic nitrogens is 1. The Kier molecular flexibility index (Phi) is 7.39. The Hall–Kier alpha value is -3.37. The van der Waals surface area contributed by atoms with Crippen molar-refractivity contribution in [3.05, 3.63) is 94.8 Å². The molecule has 1 heterocycles. The van der Waals surface area contributed by atoms with Crippen LogP contribution in [-0.2, 0) is 24.0 Å². The molecule has 3 aromatic rings. The quantitative estimate of drug-likeness (QED) is 0.513. The maximum atomic E-state index is 13.8. The van der Waals surface area contributed by atoms with Gasteiger partial charge in [0.05, 0.1) is 12.2 Å². The van der Waals surface area contributed by atoms with Crippen molar-refractivity contribution in [2.24, 2.45) is 0 Å². The van der Waals surface area contributed by atoms with Gasteiger partial charge in [0.25, 0.3) is 5.91 Å². The Morgan fingerprint density at radius 3 is 2.30 bits per heavy atom. The molecule has 0 aliphatic carbocycles. The van der Waals surface area contributed by atoms with Crippen molar-refractivity contribution in [1.29, 1.82) is 0 Å². The van der Waals surface area contributed by atoms with Gasteiger partial charge in [-0.1, -0.05) is 12.1 Å². The van der Waals surface area contributed by atoms with Crippen molar-refractivity contribution in [3.63, 3.8) is 0 Å². The highest BCUT2D eigenvalue weighted by Crippen LogP contribution is 2.29. The number of hydrogen-bond donors (Lipinski definition) is 2. The molecule has 3 rings (SSSR count). The highest BCUT2D eigenvalue weighted by molar-refractivity contribution is 5.97. The van der Waals surface area contributed by atoms with E-state index in [2.05, 4.69) is 4.98 Å². The second-order valence-corrected chi connectivity index (χ2v) is 7.16. The number of carbonyl (C=O) groups is 1. The lowest BCUT2D eigenvalue weighted by Crippen LogP contribution is -2.37. The molecule has 0 aliphatic heterocycles. The second-order valence-electron chi connectivity index (χ2n) is 7.16. The lowest BCUT2D eigenvalue weighted by Gasteiger charge is -2.26. The fourth-order valence-corrected chi connectivity index (χ4v) is 3.12. The number of pyridine rings is 1. The van der Waals surface area contributed by atoms with Gasteiger partial charge in [-0.15, -0.1) is 0 Å². The molecule has 0 saturated heterocycles. The Balaban J connectivity index is 1.88. The van der Waals surface area contributed by atoms with Crippen LogP contribution >= 0.6 is 0 Å². The summed E-state index contributed by atoms with van der Waals surface area (Å²) in [5.41, 5.74) is -0.491. The van der Waals surface area contributed by atoms with Crippen molar-refractivity contribution < 1.29 is 37.0 Å². The number of aliphatic hydroxyl groups excluding tert-OH is 2. The van der Waals surface area contributed by atoms with Crippen molar-refractivity contribution >= 4 is 11.6 Å². The fourth-order valence-electron chi connectivity index (χ4n) is 3.12. The molecule has 0 bridgehead atoms. The van der Waals surface area contributed by atoms with E-state index in [9.17, 15) is 37.0 Å². The summed E-state index contributed by atoms with van der Waals surface area (Å²) in [5, 5.41) is 19.9. The third-order valence-corrected chi connectivity index (χ3v) is 4.94. The van der Waals surface area contributed by atoms with E-state index < -0.39 is 42.0 Å². The van der Waals surface area contributed by atoms with Crippen LogP contribution in [0.15, 0.2) is 60.8 Å². The van der Waals surface area contributed by atoms with Gasteiger partial charge in [-0.2, -0.15) is 13.2 Å². The van der Waals surface area contributed by atoms with E-state index in [1.165, 1.54) is 30.3 Å². The molecule has 0 saturated carbocycles. The molecule has 33 heavy (non-hydrogen) atoms. The monoisotopic (exact) mass is 466 g/mol. The first-order valence-electron chi connectivity index (χ1n) is 9.76. The summed E-state index contributed by atoms with van der Waals surface area (Å²) < 4.78 is 65.3. The summed E-state index contributed by atoms with van der Waals surface area (Å²) in [7, 11) is 0. The molecule has 0 fully saturated rings. The Labute approximate surface area is 185 Å². The van der Waals surface area contributed by atoms with Crippen LogP contribution in [0.1, 0.15) is 28.5 Å². The zero-order chi connectivity index (χ0) is 24.2. The fraction of sp³-hybridized carbons (Fsp3) is 0.217. The molecule has 1 amide bonds. The molecule has 0 radical (unpaired) electrons. The zero-order valence-electron chi connectivity index (χ0n) is 17.1. The van der Waals surface area contributed by atoms with Crippen molar-refractivity contribution in [2.45, 2.75) is 25.3 Å². The molecule has 0 spiro atoms. The summed E-state index contributed by atoms with van der Waals surface area (Å²) >= 11 is 0. The molecule has 1 aromatic heterocycles. The minimum Gasteiger partial charge on any atom is -0.392 e. The molecule has 0 aliphatic rings. The maximum Gasteiger partial charge on any atom is 0.417 e. The van der Waals surface area contributed by atoms with Gasteiger partial charge in [-0.3, -0.25) is 9.78 Å². The van der Waals surface area contributed by atoms with E-state index in [4.69, 9.17) is 0 Å². The smallest absolute Gasteiger partial charge is 0.392 e. The zero-order valence-corrected chi connectivity index (χ0v) is 17.1. The van der Waals surface area contributed by atoms with Gasteiger partial charge in [0.1, 0.15) is 11.6 Å². The first-order chi connectivity index (χ1) is 15.6. The van der Waals surface area contributed by atoms with Crippen LogP contribution < -0.4 is 4.90 Å². The van der Waals surface area contributed by atoms with Gasteiger partial charge >= 0.3 is 6.18 Å². The van der Waals surface area contributed by atoms with Gasteiger partial charge in [0.2, 0.25) is 0 Å². The first-order valence-corrected chi connectivity index (χ1v) is 9.76. The molecule has 2 aromatic carbocycles. The average molecular weight is 466 g/mol. The van der Waals surface area contributed by atoms with E-state index in [0.717, 1.165) is 29.2 Å². The second kappa shape index (κ2) is 10.1. The van der Waals surface area contributed by atoms with Gasteiger partial charge < -0.3 is 15.1 Å². The highest BCUT2D eigenvalue weighted by atomic mass is 19.4. The van der Waals surface area contributed by atoms with E-state index in [1.54, 1.807) is 0 Å². The number of halogens is 5. The number of amides is 1. The third-order valence-electron chi connectivity index (χ3n) is 4.94. The van der Waals surface area contributed by atoms with Gasteiger partial charge in [0.15, 0.2) is 6.10 Å². The number of anilines is 1. The molecular formula is C23H19F5N2O3. The molecule has 174 valence electrons. The van der Waals surface area contributed by atoms with E-state index in [-0.39, 0.29) is 35.5 Å². The van der Waals surface area contributed by atoms with Crippen molar-refractivity contribution in [1.82, 2.24) is 4.98 Å². The minimum absolute atomic E-state index is 0.0197. The lowest BCUT2D eigenvalue weighted by atomic mass is 10.1. The summed E-state index contributed by atoms with van der Waals surface area (Å²) in [5.74, 6) is -2.09. The van der Waals surface area contributed by atoms with Gasteiger partial charge in [-0.25, -0.2) is 8.78 Å². The standard InChI is InChI=1S/C23H19F5N2O3/c24-17-4-1-14(2-5-17)21(32)22(33)30(19-7-8-20(25)15(11-19)13-31)10-9-18-6-3-16(12-29-18)23(26,27)28/h1-8,11-12,21,31-32H,9-10,13H2/t21-/m0/s1. The molecular weight excluding hydrogens is 447 g/mol. The normalized spacial score (nSPS) is 12.5. The highest BCUT2D eigenvalue weighted by Gasteiger charge is 2.31. The Morgan fingerprint density at radius 2 is 1.73 bits per heavy atom. The number of carbonyl (C=O) groups excluding carboxylic acids is 1. The number of rotatable bonds is 7. The summed E-state index contributed by atoms with van der Waals surface area (Å²) in [4.78, 5) is 17.9. The third kappa shape index (κ3) is 5.91. The summed E-state index contributed by atoms with van der Waals surface area (Å²) in [6.45, 7) is -0.755. The van der Waals surface area contributed by atoms with Gasteiger partial charge in [-0.05, 0) is 48.0 Å². The van der Waals surface area contributed by atoms with E-state index in [1.807, 2.05) is 0 Å². The minimum atomic E-state index is -4.54. The molecule has 2 N–H and O–H groups in total. The largest absolute Gasteiger partial charge is 0.417 e. The van der Waals surface area contributed by atoms with Crippen LogP contribution in [0.4, 0.5) is 27.6 Å². The summed E-state index contributed by atoms with van der Waals surface area (Å²) in [6.07, 6.45) is -5.53. The molecule has 1 atom stereocenters. The van der Waals surface area contributed by atoms with Crippen LogP contribution in [0.3, 0.4) is 0 Å². The average Bonchev–Trinajstić information content (AvgIpc) is 2.79. The van der Waals surface area contributed by atoms with Crippen LogP contribution in [-0.4, -0.2) is 27.6 Å². The molecule has 5 nitrogen and oxygen atoms in total. The molecule has 0 unspecified atom stereocenters. The lowest BCUT2D eigenvalue weighted by molar-refractivity contribution is -0.137. The number of aliphatic hydroxyl groups is 2. The van der Waals surface area contributed by atoms with Crippen LogP contribution in [0, 0.1) is 11.6 Å². The topological polar surface area (TPSA) is 73.7 Å². The van der Waals surface area contributed by atoms with Crippen molar-refractivity contribution in [2.75, 3.05) is 11.4 Å². The summed E-state index contributed by atoms with van der Waals surface area (Å²) in [6, 6.07) is 10.2. The number of benzene rings is 2. The van der Waals surface area contributed by atoms with E-state index >= 15 is 0 Å². The molecule has 10 heteroatoms. The number of alkyl halides is 3. The predicted octanol–water partition coefficient (Wildman–Crippen LogP) is 4.18.